The van der Waals surface area contributed by atoms with E-state index in [9.17, 15) is 19.7 Å². The summed E-state index contributed by atoms with van der Waals surface area (Å²) >= 11 is 6.56. The van der Waals surface area contributed by atoms with E-state index < -0.39 is 10.9 Å². The van der Waals surface area contributed by atoms with Gasteiger partial charge in [-0.15, -0.1) is 0 Å². The fraction of sp³-hybridized carbons (Fsp3) is 0.476. The van der Waals surface area contributed by atoms with Crippen LogP contribution < -0.4 is 0 Å². The minimum atomic E-state index is -0.731. The van der Waals surface area contributed by atoms with E-state index in [0.717, 1.165) is 51.4 Å². The summed E-state index contributed by atoms with van der Waals surface area (Å²) < 4.78 is 0.523. The second-order valence-electron chi connectivity index (χ2n) is 7.16. The summed E-state index contributed by atoms with van der Waals surface area (Å²) in [7, 11) is 0. The highest BCUT2D eigenvalue weighted by Crippen LogP contribution is 2.33. The van der Waals surface area contributed by atoms with Crippen molar-refractivity contribution in [2.75, 3.05) is 6.54 Å². The number of benzene rings is 1. The highest BCUT2D eigenvalue weighted by Gasteiger charge is 2.31. The molecule has 1 N–H and O–H groups in total. The number of carbonyl (C=O) groups excluding carboxylic acids is 1. The number of thiocarbonyl (C=S) groups is 1. The van der Waals surface area contributed by atoms with Gasteiger partial charge >= 0.3 is 5.97 Å². The number of rotatable bonds is 13. The summed E-state index contributed by atoms with van der Waals surface area (Å²) in [6.07, 6.45) is 9.83. The van der Waals surface area contributed by atoms with E-state index in [1.54, 1.807) is 23.1 Å². The number of non-ortho nitro benzene ring substituents is 1. The lowest BCUT2D eigenvalue weighted by molar-refractivity contribution is -0.384. The number of amides is 1. The fourth-order valence-electron chi connectivity index (χ4n) is 3.18. The highest BCUT2D eigenvalue weighted by atomic mass is 32.2. The molecule has 1 amide bonds. The van der Waals surface area contributed by atoms with Crippen LogP contribution in [-0.2, 0) is 9.59 Å². The van der Waals surface area contributed by atoms with Gasteiger partial charge < -0.3 is 5.11 Å². The second-order valence-corrected chi connectivity index (χ2v) is 8.83. The molecule has 7 nitrogen and oxygen atoms in total. The van der Waals surface area contributed by atoms with Gasteiger partial charge in [0.15, 0.2) is 0 Å². The van der Waals surface area contributed by atoms with E-state index in [0.29, 0.717) is 21.3 Å². The molecule has 1 aromatic carbocycles. The van der Waals surface area contributed by atoms with Crippen LogP contribution in [-0.4, -0.2) is 37.7 Å². The molecule has 1 aromatic rings. The first-order valence-electron chi connectivity index (χ1n) is 10.1. The molecule has 1 aliphatic heterocycles. The molecule has 0 unspecified atom stereocenters. The molecule has 0 spiro atoms. The van der Waals surface area contributed by atoms with E-state index in [4.69, 9.17) is 17.3 Å². The zero-order valence-corrected chi connectivity index (χ0v) is 18.4. The van der Waals surface area contributed by atoms with Crippen LogP contribution >= 0.6 is 24.0 Å². The van der Waals surface area contributed by atoms with Crippen LogP contribution in [0.5, 0.6) is 0 Å². The van der Waals surface area contributed by atoms with E-state index in [1.165, 1.54) is 23.9 Å². The topological polar surface area (TPSA) is 101 Å². The van der Waals surface area contributed by atoms with Crippen molar-refractivity contribution in [3.8, 4) is 0 Å². The van der Waals surface area contributed by atoms with Gasteiger partial charge in [0, 0.05) is 25.1 Å². The number of unbranched alkanes of at least 4 members (excludes halogenated alkanes) is 7. The van der Waals surface area contributed by atoms with Gasteiger partial charge in [-0.2, -0.15) is 0 Å². The van der Waals surface area contributed by atoms with Gasteiger partial charge in [0.25, 0.3) is 11.6 Å². The monoisotopic (exact) mass is 450 g/mol. The third-order valence-corrected chi connectivity index (χ3v) is 6.15. The fourth-order valence-corrected chi connectivity index (χ4v) is 4.49. The minimum absolute atomic E-state index is 0.0129. The van der Waals surface area contributed by atoms with Crippen molar-refractivity contribution < 1.29 is 19.6 Å². The van der Waals surface area contributed by atoms with Crippen LogP contribution in [0, 0.1) is 10.1 Å². The summed E-state index contributed by atoms with van der Waals surface area (Å²) in [5, 5.41) is 19.5. The van der Waals surface area contributed by atoms with E-state index in [2.05, 4.69) is 0 Å². The van der Waals surface area contributed by atoms with Crippen LogP contribution in [0.1, 0.15) is 63.4 Å². The average molecular weight is 451 g/mol. The van der Waals surface area contributed by atoms with Gasteiger partial charge in [-0.05, 0) is 24.5 Å². The SMILES string of the molecule is O=C(O)CCCCCCCCCCN1C(=O)C(=Cc2cccc([N+](=O)[O-])c2)SC1=S. The Kier molecular flexibility index (Phi) is 9.96. The van der Waals surface area contributed by atoms with Crippen molar-refractivity contribution >= 4 is 51.9 Å². The number of thioether (sulfide) groups is 1. The molecule has 0 aromatic heterocycles. The Morgan fingerprint density at radius 1 is 1.13 bits per heavy atom. The van der Waals surface area contributed by atoms with Crippen LogP contribution in [0.4, 0.5) is 5.69 Å². The summed E-state index contributed by atoms with van der Waals surface area (Å²) in [4.78, 5) is 35.6. The number of aliphatic carboxylic acids is 1. The number of carboxylic acids is 1. The lowest BCUT2D eigenvalue weighted by Crippen LogP contribution is -2.29. The predicted molar refractivity (Wildman–Crippen MR) is 122 cm³/mol. The number of nitrogens with zero attached hydrogens (tertiary/aromatic N) is 2. The molecule has 162 valence electrons. The lowest BCUT2D eigenvalue weighted by Gasteiger charge is -2.14. The van der Waals surface area contributed by atoms with E-state index >= 15 is 0 Å². The number of hydrogen-bond acceptors (Lipinski definition) is 6. The molecule has 1 heterocycles. The maximum absolute atomic E-state index is 12.6. The molecule has 1 fully saturated rings. The van der Waals surface area contributed by atoms with Crippen LogP contribution in [0.15, 0.2) is 29.2 Å². The average Bonchev–Trinajstić information content (AvgIpc) is 2.96. The Morgan fingerprint density at radius 2 is 1.77 bits per heavy atom. The Balaban J connectivity index is 1.71. The summed E-state index contributed by atoms with van der Waals surface area (Å²) in [5.74, 6) is -0.874. The van der Waals surface area contributed by atoms with Crippen molar-refractivity contribution in [1.82, 2.24) is 4.90 Å². The van der Waals surface area contributed by atoms with Crippen molar-refractivity contribution in [1.29, 1.82) is 0 Å². The third kappa shape index (κ3) is 7.87. The molecule has 30 heavy (non-hydrogen) atoms. The molecule has 0 atom stereocenters. The summed E-state index contributed by atoms with van der Waals surface area (Å²) in [6, 6.07) is 6.17. The Labute approximate surface area is 185 Å². The molecular weight excluding hydrogens is 424 g/mol. The number of carbonyl (C=O) groups is 2. The highest BCUT2D eigenvalue weighted by molar-refractivity contribution is 8.26. The normalized spacial score (nSPS) is 15.2. The van der Waals surface area contributed by atoms with E-state index in [-0.39, 0.29) is 18.0 Å². The quantitative estimate of drug-likeness (QED) is 0.141. The summed E-state index contributed by atoms with van der Waals surface area (Å²) in [6.45, 7) is 0.579. The first-order chi connectivity index (χ1) is 14.4. The number of nitro benzene ring substituents is 1. The zero-order chi connectivity index (χ0) is 21.9. The smallest absolute Gasteiger partial charge is 0.303 e. The second kappa shape index (κ2) is 12.4. The van der Waals surface area contributed by atoms with Gasteiger partial charge in [0.05, 0.1) is 9.83 Å². The molecular formula is C21H26N2O5S2. The first-order valence-corrected chi connectivity index (χ1v) is 11.3. The molecule has 0 aliphatic carbocycles. The first kappa shape index (κ1) is 24.0. The van der Waals surface area contributed by atoms with Crippen LogP contribution in [0.2, 0.25) is 0 Å². The molecule has 9 heteroatoms. The molecule has 1 aliphatic rings. The molecule has 0 bridgehead atoms. The number of carboxylic acid groups (broad SMARTS) is 1. The van der Waals surface area contributed by atoms with Gasteiger partial charge in [-0.25, -0.2) is 0 Å². The molecule has 0 saturated carbocycles. The van der Waals surface area contributed by atoms with Crippen LogP contribution in [0.3, 0.4) is 0 Å². The van der Waals surface area contributed by atoms with Gasteiger partial charge in [-0.1, -0.05) is 74.6 Å². The Hall–Kier alpha value is -2.26. The largest absolute Gasteiger partial charge is 0.481 e. The predicted octanol–water partition coefficient (Wildman–Crippen LogP) is 5.39. The maximum atomic E-state index is 12.6. The number of nitro groups is 1. The Morgan fingerprint density at radius 3 is 2.40 bits per heavy atom. The molecule has 1 saturated heterocycles. The third-order valence-electron chi connectivity index (χ3n) is 4.77. The lowest BCUT2D eigenvalue weighted by atomic mass is 10.1. The number of hydrogen-bond donors (Lipinski definition) is 1. The van der Waals surface area contributed by atoms with Crippen molar-refractivity contribution in [2.45, 2.75) is 57.8 Å². The summed E-state index contributed by atoms with van der Waals surface area (Å²) in [5.41, 5.74) is 0.592. The minimum Gasteiger partial charge on any atom is -0.481 e. The zero-order valence-electron chi connectivity index (χ0n) is 16.7. The van der Waals surface area contributed by atoms with Crippen LogP contribution in [0.25, 0.3) is 6.08 Å². The van der Waals surface area contributed by atoms with E-state index in [1.807, 2.05) is 0 Å². The van der Waals surface area contributed by atoms with Crippen molar-refractivity contribution in [2.24, 2.45) is 0 Å². The van der Waals surface area contributed by atoms with Gasteiger partial charge in [0.1, 0.15) is 4.32 Å². The van der Waals surface area contributed by atoms with Crippen molar-refractivity contribution in [3.05, 3.63) is 44.8 Å². The molecule has 2 rings (SSSR count). The molecule has 0 radical (unpaired) electrons. The van der Waals surface area contributed by atoms with Gasteiger partial charge in [-0.3, -0.25) is 24.6 Å². The van der Waals surface area contributed by atoms with Crippen molar-refractivity contribution in [3.63, 3.8) is 0 Å². The Bertz CT molecular complexity index is 825. The van der Waals surface area contributed by atoms with Gasteiger partial charge in [0.2, 0.25) is 0 Å². The maximum Gasteiger partial charge on any atom is 0.303 e. The standard InChI is InChI=1S/C21H26N2O5S2/c24-19(25)12-7-5-3-1-2-4-6-8-13-22-20(26)18(30-21(22)29)15-16-10-9-11-17(14-16)23(27)28/h9-11,14-15H,1-8,12-13H2,(H,24,25).